The number of alkyl halides is 3. The molecule has 0 aromatic heterocycles. The Morgan fingerprint density at radius 2 is 1.93 bits per heavy atom. The van der Waals surface area contributed by atoms with Crippen LogP contribution in [0.5, 0.6) is 0 Å². The Bertz CT molecular complexity index is 275. The molecule has 0 aliphatic carbocycles. The summed E-state index contributed by atoms with van der Waals surface area (Å²) in [4.78, 5) is 0. The third-order valence-electron chi connectivity index (χ3n) is 1.38. The third-order valence-corrected chi connectivity index (χ3v) is 2.19. The average Bonchev–Trinajstić information content (AvgIpc) is 2.29. The highest BCUT2D eigenvalue weighted by atomic mass is 28.4. The molecule has 0 spiro atoms. The first-order chi connectivity index (χ1) is 6.18. The van der Waals surface area contributed by atoms with E-state index in [1.165, 1.54) is 6.08 Å². The predicted molar refractivity (Wildman–Crippen MR) is 48.4 cm³/mol. The van der Waals surface area contributed by atoms with Gasteiger partial charge in [0.25, 0.3) is 0 Å². The van der Waals surface area contributed by atoms with Crippen molar-refractivity contribution in [3.63, 3.8) is 0 Å². The van der Waals surface area contributed by atoms with Gasteiger partial charge in [-0.2, -0.15) is 13.2 Å². The molecule has 1 unspecified atom stereocenters. The number of halogens is 3. The van der Waals surface area contributed by atoms with Gasteiger partial charge in [0.05, 0.1) is 6.08 Å². The van der Waals surface area contributed by atoms with Crippen LogP contribution < -0.4 is 0 Å². The van der Waals surface area contributed by atoms with E-state index in [0.717, 1.165) is 6.08 Å². The lowest BCUT2D eigenvalue weighted by atomic mass is 10.3. The first-order valence-electron chi connectivity index (χ1n) is 4.16. The summed E-state index contributed by atoms with van der Waals surface area (Å²) >= 11 is 0. The van der Waals surface area contributed by atoms with E-state index in [0.29, 0.717) is 0 Å². The van der Waals surface area contributed by atoms with Crippen molar-refractivity contribution in [1.82, 2.24) is 0 Å². The monoisotopic (exact) mass is 225 g/mol. The third kappa shape index (κ3) is 3.17. The molecule has 0 N–H and O–H groups in total. The van der Waals surface area contributed by atoms with Gasteiger partial charge >= 0.3 is 26.6 Å². The average molecular weight is 225 g/mol. The van der Waals surface area contributed by atoms with Gasteiger partial charge < -0.3 is 8.85 Å². The van der Waals surface area contributed by atoms with Gasteiger partial charge in [-0.25, -0.2) is 0 Å². The summed E-state index contributed by atoms with van der Waals surface area (Å²) in [5.41, 5.74) is 0. The number of carbonyl (C=O) groups excluding carboxylic acids is 1. The standard InChI is InChI=1S/C8H12F3O2Si/c1-14(2,3)13-7-5-4-6(12-7)8(9,10)11/h4-6H,1-3H3/q+1. The van der Waals surface area contributed by atoms with Gasteiger partial charge in [0.1, 0.15) is 0 Å². The molecule has 1 aliphatic rings. The highest BCUT2D eigenvalue weighted by molar-refractivity contribution is 6.71. The SMILES string of the molecule is C[Si](C)(C)OC1=[O+]C(C(F)(F)F)C=C1. The normalized spacial score (nSPS) is 22.4. The van der Waals surface area contributed by atoms with Crippen LogP contribution in [0.2, 0.25) is 19.6 Å². The first kappa shape index (κ1) is 11.3. The summed E-state index contributed by atoms with van der Waals surface area (Å²) in [7, 11) is -1.89. The maximum absolute atomic E-state index is 12.1. The van der Waals surface area contributed by atoms with E-state index < -0.39 is 20.6 Å². The van der Waals surface area contributed by atoms with Gasteiger partial charge in [-0.3, -0.25) is 0 Å². The molecule has 14 heavy (non-hydrogen) atoms. The molecule has 1 aliphatic heterocycles. The number of hydrogen-bond donors (Lipinski definition) is 0. The molecule has 2 nitrogen and oxygen atoms in total. The second-order valence-corrected chi connectivity index (χ2v) is 8.40. The van der Waals surface area contributed by atoms with Crippen LogP contribution in [-0.4, -0.2) is 26.6 Å². The van der Waals surface area contributed by atoms with Crippen molar-refractivity contribution in [1.29, 1.82) is 0 Å². The van der Waals surface area contributed by atoms with Crippen molar-refractivity contribution < 1.29 is 22.0 Å². The smallest absolute Gasteiger partial charge is 0.408 e. The lowest BCUT2D eigenvalue weighted by Crippen LogP contribution is -2.30. The number of rotatable bonds is 1. The Morgan fingerprint density at radius 1 is 1.36 bits per heavy atom. The maximum Gasteiger partial charge on any atom is 0.490 e. The van der Waals surface area contributed by atoms with Crippen LogP contribution in [0.15, 0.2) is 12.2 Å². The van der Waals surface area contributed by atoms with Crippen LogP contribution in [0, 0.1) is 0 Å². The lowest BCUT2D eigenvalue weighted by molar-refractivity contribution is -0.534. The second-order valence-electron chi connectivity index (χ2n) is 3.97. The minimum absolute atomic E-state index is 0.0218. The van der Waals surface area contributed by atoms with Crippen molar-refractivity contribution in [3.8, 4) is 0 Å². The largest absolute Gasteiger partial charge is 0.490 e. The van der Waals surface area contributed by atoms with E-state index >= 15 is 0 Å². The van der Waals surface area contributed by atoms with Crippen molar-refractivity contribution in [2.75, 3.05) is 0 Å². The molecule has 0 saturated carbocycles. The van der Waals surface area contributed by atoms with Crippen LogP contribution in [0.4, 0.5) is 13.2 Å². The summed E-state index contributed by atoms with van der Waals surface area (Å²) < 4.78 is 46.3. The van der Waals surface area contributed by atoms with Gasteiger partial charge in [-0.05, 0) is 19.6 Å². The minimum atomic E-state index is -4.36. The van der Waals surface area contributed by atoms with Crippen LogP contribution in [0.1, 0.15) is 0 Å². The van der Waals surface area contributed by atoms with E-state index in [1.54, 1.807) is 0 Å². The Hall–Kier alpha value is -0.783. The summed E-state index contributed by atoms with van der Waals surface area (Å²) in [6.45, 7) is 5.62. The molecule has 1 atom stereocenters. The van der Waals surface area contributed by atoms with Gasteiger partial charge in [-0.15, -0.1) is 0 Å². The van der Waals surface area contributed by atoms with E-state index in [4.69, 9.17) is 4.43 Å². The fourth-order valence-corrected chi connectivity index (χ4v) is 1.63. The molecular weight excluding hydrogens is 213 g/mol. The van der Waals surface area contributed by atoms with Crippen molar-refractivity contribution in [3.05, 3.63) is 12.2 Å². The van der Waals surface area contributed by atoms with Crippen LogP contribution in [0.3, 0.4) is 0 Å². The maximum atomic E-state index is 12.1. The fourth-order valence-electron chi connectivity index (χ4n) is 0.905. The molecule has 0 aromatic rings. The molecule has 0 saturated heterocycles. The van der Waals surface area contributed by atoms with Crippen molar-refractivity contribution in [2.45, 2.75) is 31.9 Å². The van der Waals surface area contributed by atoms with Gasteiger partial charge in [0.2, 0.25) is 0 Å². The highest BCUT2D eigenvalue weighted by Crippen LogP contribution is 2.24. The molecular formula is C8H12F3O2Si+. The van der Waals surface area contributed by atoms with E-state index in [9.17, 15) is 13.2 Å². The molecule has 0 amide bonds. The summed E-state index contributed by atoms with van der Waals surface area (Å²) in [5, 5.41) is 0. The van der Waals surface area contributed by atoms with Crippen LogP contribution in [-0.2, 0) is 8.85 Å². The predicted octanol–water partition coefficient (Wildman–Crippen LogP) is 2.40. The molecule has 0 fully saturated rings. The lowest BCUT2D eigenvalue weighted by Gasteiger charge is -2.07. The Kier molecular flexibility index (Phi) is 2.75. The zero-order chi connectivity index (χ0) is 11.0. The quantitative estimate of drug-likeness (QED) is 0.495. The van der Waals surface area contributed by atoms with Crippen LogP contribution >= 0.6 is 0 Å². The highest BCUT2D eigenvalue weighted by Gasteiger charge is 2.47. The Balaban J connectivity index is 2.66. The van der Waals surface area contributed by atoms with Crippen LogP contribution in [0.25, 0.3) is 0 Å². The van der Waals surface area contributed by atoms with E-state index in [2.05, 4.69) is 4.42 Å². The molecule has 80 valence electrons. The van der Waals surface area contributed by atoms with E-state index in [1.807, 2.05) is 19.6 Å². The zero-order valence-corrected chi connectivity index (χ0v) is 9.18. The zero-order valence-electron chi connectivity index (χ0n) is 8.18. The second kappa shape index (κ2) is 3.41. The molecule has 6 heteroatoms. The Morgan fingerprint density at radius 3 is 2.29 bits per heavy atom. The Labute approximate surface area is 81.2 Å². The molecule has 0 bridgehead atoms. The minimum Gasteiger partial charge on any atom is -0.408 e. The van der Waals surface area contributed by atoms with Gasteiger partial charge in [-0.1, -0.05) is 0 Å². The summed E-state index contributed by atoms with van der Waals surface area (Å²) in [5.74, 6) is -0.0218. The van der Waals surface area contributed by atoms with Crippen molar-refractivity contribution in [2.24, 2.45) is 0 Å². The van der Waals surface area contributed by atoms with E-state index in [-0.39, 0.29) is 5.97 Å². The molecule has 1 rings (SSSR count). The topological polar surface area (TPSA) is 20.5 Å². The van der Waals surface area contributed by atoms with Crippen molar-refractivity contribution >= 4 is 14.3 Å². The fraction of sp³-hybridized carbons (Fsp3) is 0.625. The molecule has 0 aromatic carbocycles. The molecule has 0 radical (unpaired) electrons. The number of hydrogen-bond acceptors (Lipinski definition) is 1. The first-order valence-corrected chi connectivity index (χ1v) is 7.57. The summed E-state index contributed by atoms with van der Waals surface area (Å²) in [6, 6.07) is 0. The molecule has 1 heterocycles. The van der Waals surface area contributed by atoms with Gasteiger partial charge in [0.15, 0.2) is 0 Å². The summed E-state index contributed by atoms with van der Waals surface area (Å²) in [6.07, 6.45) is -4.03. The van der Waals surface area contributed by atoms with Gasteiger partial charge in [0, 0.05) is 6.08 Å².